The molecule has 101 heavy (non-hydrogen) atoms. The van der Waals surface area contributed by atoms with E-state index in [0.717, 1.165) is 82.2 Å². The number of hydrogen-bond acceptors (Lipinski definition) is 18. The SMILES string of the molecule is C=CC[Si]1(C)CCC(=O)O1.CC(C)(C)[Si]1(C(C)(C)C)CCC(=O)O1.CC1CC(=O)O[Si]1(C)C.C[Si]1(C)CC(=O)O[Si](C)(C)C1.C[Si]1(C)CC(c2ccccc2)C(=O)O1.C[Si]1(C)CCC(=O)O1.C[Si]1(C)CCCCC(=O)O1.C[Si]1(C)Cc2ccccc2C(=O)O1.C[Si]1(C)OC(=O)c2ccccc21. The lowest BCUT2D eigenvalue weighted by molar-refractivity contribution is -0.135. The maximum atomic E-state index is 11.6. The molecule has 18 nitrogen and oxygen atoms in total. The lowest BCUT2D eigenvalue weighted by Crippen LogP contribution is -2.51. The van der Waals surface area contributed by atoms with Crippen molar-refractivity contribution >= 4 is 142 Å². The topological polar surface area (TPSA) is 237 Å². The zero-order valence-corrected chi connectivity index (χ0v) is 75.6. The van der Waals surface area contributed by atoms with E-state index in [1.54, 1.807) is 0 Å². The molecule has 9 aliphatic rings. The molecule has 9 aliphatic heterocycles. The molecule has 7 saturated heterocycles. The number of carbonyl (C=O) groups is 9. The van der Waals surface area contributed by atoms with E-state index in [2.05, 4.69) is 153 Å². The number of hydrogen-bond donors (Lipinski definition) is 0. The molecular formula is C73H122O18Si10. The van der Waals surface area contributed by atoms with Crippen molar-refractivity contribution in [3.8, 4) is 0 Å². The minimum absolute atomic E-state index is 0.000772. The van der Waals surface area contributed by atoms with Gasteiger partial charge in [-0.2, -0.15) is 0 Å². The second-order valence-corrected chi connectivity index (χ2v) is 79.1. The van der Waals surface area contributed by atoms with Gasteiger partial charge in [-0.25, -0.2) is 9.59 Å². The van der Waals surface area contributed by atoms with E-state index < -0.39 is 82.9 Å². The molecule has 3 aromatic rings. The Balaban J connectivity index is 0.000000242. The molecule has 3 unspecified atom stereocenters. The Morgan fingerprint density at radius 1 is 0.446 bits per heavy atom. The number of allylic oxidation sites excluding steroid dienone is 1. The Kier molecular flexibility index (Phi) is 30.8. The van der Waals surface area contributed by atoms with Gasteiger partial charge in [-0.15, -0.1) is 6.58 Å². The quantitative estimate of drug-likeness (QED) is 0.175. The first-order chi connectivity index (χ1) is 46.1. The summed E-state index contributed by atoms with van der Waals surface area (Å²) in [6.45, 7) is 54.8. The van der Waals surface area contributed by atoms with Crippen LogP contribution in [0.4, 0.5) is 0 Å². The first-order valence-corrected chi connectivity index (χ1v) is 65.7. The van der Waals surface area contributed by atoms with Gasteiger partial charge in [-0.1, -0.05) is 141 Å². The second-order valence-electron chi connectivity index (χ2n) is 35.1. The highest BCUT2D eigenvalue weighted by molar-refractivity contribution is 6.96. The molecule has 0 N–H and O–H groups in total. The van der Waals surface area contributed by atoms with Gasteiger partial charge in [0.2, 0.25) is 33.3 Å². The summed E-state index contributed by atoms with van der Waals surface area (Å²) in [4.78, 5) is 99.7. The zero-order valence-electron chi connectivity index (χ0n) is 65.6. The van der Waals surface area contributed by atoms with E-state index in [1.807, 2.05) is 98.0 Å². The van der Waals surface area contributed by atoms with Gasteiger partial charge < -0.3 is 39.8 Å². The fourth-order valence-electron chi connectivity index (χ4n) is 14.0. The minimum atomic E-state index is -1.95. The van der Waals surface area contributed by atoms with Crippen molar-refractivity contribution in [1.29, 1.82) is 0 Å². The molecule has 0 saturated carbocycles. The first kappa shape index (κ1) is 88.2. The number of fused-ring (bicyclic) bond motifs is 2. The fourth-order valence-corrected chi connectivity index (χ4v) is 44.8. The monoisotopic (exact) mass is 1570 g/mol. The molecule has 0 amide bonds. The summed E-state index contributed by atoms with van der Waals surface area (Å²) in [6.07, 6.45) is 7.22. The van der Waals surface area contributed by atoms with Gasteiger partial charge in [-0.3, -0.25) is 33.6 Å². The molecule has 28 heteroatoms. The van der Waals surface area contributed by atoms with Gasteiger partial charge in [0.1, 0.15) is 0 Å². The van der Waals surface area contributed by atoms with Crippen molar-refractivity contribution in [2.24, 2.45) is 0 Å². The summed E-state index contributed by atoms with van der Waals surface area (Å²) in [5.41, 5.74) is 5.48. The van der Waals surface area contributed by atoms with Crippen LogP contribution < -0.4 is 5.19 Å². The third kappa shape index (κ3) is 28.0. The highest BCUT2D eigenvalue weighted by Crippen LogP contribution is 2.56. The van der Waals surface area contributed by atoms with Crippen LogP contribution in [0, 0.1) is 0 Å². The van der Waals surface area contributed by atoms with Crippen LogP contribution in [-0.2, 0) is 79.4 Å². The van der Waals surface area contributed by atoms with Crippen molar-refractivity contribution in [3.05, 3.63) is 114 Å². The third-order valence-electron chi connectivity index (χ3n) is 19.2. The van der Waals surface area contributed by atoms with Gasteiger partial charge >= 0.3 is 11.9 Å². The Bertz CT molecular complexity index is 3390. The van der Waals surface area contributed by atoms with Crippen LogP contribution in [0.15, 0.2) is 91.5 Å². The summed E-state index contributed by atoms with van der Waals surface area (Å²) in [5, 5.41) is 1.39. The predicted octanol–water partition coefficient (Wildman–Crippen LogP) is 17.7. The van der Waals surface area contributed by atoms with Crippen molar-refractivity contribution in [2.45, 2.75) is 280 Å². The van der Waals surface area contributed by atoms with Gasteiger partial charge in [-0.05, 0) is 191 Å². The normalized spacial score (nSPS) is 24.8. The van der Waals surface area contributed by atoms with E-state index in [4.69, 9.17) is 39.8 Å². The Morgan fingerprint density at radius 2 is 0.941 bits per heavy atom. The van der Waals surface area contributed by atoms with E-state index in [9.17, 15) is 43.2 Å². The molecule has 9 heterocycles. The Morgan fingerprint density at radius 3 is 1.37 bits per heavy atom. The Hall–Kier alpha value is -5.20. The van der Waals surface area contributed by atoms with Crippen LogP contribution in [0.2, 0.25) is 175 Å². The van der Waals surface area contributed by atoms with Gasteiger partial charge in [0.05, 0.1) is 25.1 Å². The van der Waals surface area contributed by atoms with Crippen molar-refractivity contribution in [2.75, 3.05) is 0 Å². The molecule has 0 aliphatic carbocycles. The van der Waals surface area contributed by atoms with Gasteiger partial charge in [0.25, 0.3) is 83.4 Å². The fraction of sp³-hybridized carbons (Fsp3) is 0.603. The molecular weight excluding hydrogens is 1450 g/mol. The molecule has 0 aromatic heterocycles. The average Bonchev–Trinajstić information content (AvgIpc) is 1.67. The van der Waals surface area contributed by atoms with Gasteiger partial charge in [0, 0.05) is 44.2 Å². The van der Waals surface area contributed by atoms with Crippen LogP contribution in [0.25, 0.3) is 0 Å². The van der Waals surface area contributed by atoms with Gasteiger partial charge in [0.15, 0.2) is 0 Å². The van der Waals surface area contributed by atoms with Crippen LogP contribution >= 0.6 is 0 Å². The van der Waals surface area contributed by atoms with Crippen molar-refractivity contribution in [3.63, 3.8) is 0 Å². The summed E-state index contributed by atoms with van der Waals surface area (Å²) in [6, 6.07) is 32.8. The maximum absolute atomic E-state index is 11.6. The lowest BCUT2D eigenvalue weighted by atomic mass is 10.0. The smallest absolute Gasteiger partial charge is 0.325 e. The van der Waals surface area contributed by atoms with Crippen LogP contribution in [0.5, 0.6) is 0 Å². The highest BCUT2D eigenvalue weighted by Gasteiger charge is 2.60. The van der Waals surface area contributed by atoms with E-state index >= 15 is 0 Å². The van der Waals surface area contributed by atoms with Crippen molar-refractivity contribution in [1.82, 2.24) is 0 Å². The largest absolute Gasteiger partial charge is 0.520 e. The van der Waals surface area contributed by atoms with Crippen LogP contribution in [-0.4, -0.2) is 137 Å². The average molecular weight is 1570 g/mol. The summed E-state index contributed by atoms with van der Waals surface area (Å²) in [7, 11) is -16.2. The highest BCUT2D eigenvalue weighted by atomic mass is 28.4. The molecule has 562 valence electrons. The number of benzene rings is 3. The summed E-state index contributed by atoms with van der Waals surface area (Å²) >= 11 is 0. The minimum Gasteiger partial charge on any atom is -0.520 e. The lowest BCUT2D eigenvalue weighted by Gasteiger charge is -2.46. The van der Waals surface area contributed by atoms with Crippen LogP contribution in [0.3, 0.4) is 0 Å². The second kappa shape index (κ2) is 35.3. The first-order valence-electron chi connectivity index (χ1n) is 35.9. The van der Waals surface area contributed by atoms with Crippen molar-refractivity contribution < 1.29 is 83.0 Å². The summed E-state index contributed by atoms with van der Waals surface area (Å²) in [5.74, 6) is -0.261. The molecule has 0 spiro atoms. The molecule has 12 rings (SSSR count). The molecule has 3 aromatic carbocycles. The molecule has 0 radical (unpaired) electrons. The third-order valence-corrected chi connectivity index (χ3v) is 52.5. The maximum Gasteiger partial charge on any atom is 0.325 e. The number of rotatable bonds is 3. The zero-order chi connectivity index (χ0) is 76.8. The standard InChI is InChI=1S/C11H14O2Si.C11H22O2Si.C10H12O2Si.C9H10O2Si.C7H16O2Si2.C7H14O2Si.C7H12O2Si.C6H12O2Si.C5H10O2Si/c1-14(2)8-10(11(12)13-14)9-6-4-3-5-7-9;1-10(2,3)14(11(4,5)6)8-7-9(12)13-14;1-13(2)7-8-5-3-4-6-9(8)10(11)12-13;1-12(2)8-6-4-3-5-7(8)9(10)11-12;1-10(2)5-7(8)9-11(3,4)6-10;1-10(2)6-4-3-5-7(8)9-10;1-3-5-10(2)6-4-7(8)9-10;1-5-4-6(7)8-9(5,2)3;1-8(2)4-3-5(6)7-8/h3-7,10H,8H2,1-2H3;7-8H2,1-6H3;3-6H,7H2,1-2H3;3-6H,1-2H3;5-6H2,1-4H3;3-6H2,1-2H3;3H,1,4-6H2,2H3;5H,4H2,1-3H3;3-4H2,1-2H3. The predicted molar refractivity (Wildman–Crippen MR) is 426 cm³/mol. The van der Waals surface area contributed by atoms with E-state index in [1.165, 1.54) is 12.1 Å². The summed E-state index contributed by atoms with van der Waals surface area (Å²) < 4.78 is 48.0. The molecule has 3 atom stereocenters. The van der Waals surface area contributed by atoms with Crippen LogP contribution in [0.1, 0.15) is 131 Å². The number of carbonyl (C=O) groups excluding carboxylic acids is 9. The molecule has 0 bridgehead atoms. The molecule has 7 fully saturated rings. The van der Waals surface area contributed by atoms with E-state index in [-0.39, 0.29) is 69.7 Å². The Labute approximate surface area is 614 Å². The van der Waals surface area contributed by atoms with E-state index in [0.29, 0.717) is 37.6 Å².